The van der Waals surface area contributed by atoms with Crippen LogP contribution in [0.25, 0.3) is 11.0 Å². The number of anilines is 1. The molecule has 0 atom stereocenters. The number of aryl methyl sites for hydroxylation is 1. The molecule has 3 aromatic rings. The second-order valence-corrected chi connectivity index (χ2v) is 6.00. The summed E-state index contributed by atoms with van der Waals surface area (Å²) in [6, 6.07) is 7.37. The van der Waals surface area contributed by atoms with Gasteiger partial charge in [0.1, 0.15) is 11.1 Å². The Bertz CT molecular complexity index is 992. The number of rotatable bonds is 6. The third-order valence-electron chi connectivity index (χ3n) is 3.82. The summed E-state index contributed by atoms with van der Waals surface area (Å²) in [5.74, 6) is 0.850. The van der Waals surface area contributed by atoms with Crippen LogP contribution in [0.2, 0.25) is 0 Å². The van der Waals surface area contributed by atoms with Gasteiger partial charge in [0, 0.05) is 27.7 Å². The molecule has 2 heterocycles. The van der Waals surface area contributed by atoms with Crippen LogP contribution < -0.4 is 15.6 Å². The minimum absolute atomic E-state index is 0.0179. The van der Waals surface area contributed by atoms with E-state index in [-0.39, 0.29) is 18.1 Å². The minimum Gasteiger partial charge on any atom is -0.484 e. The maximum absolute atomic E-state index is 12.0. The Morgan fingerprint density at radius 1 is 1.38 bits per heavy atom. The zero-order valence-electron chi connectivity index (χ0n) is 14.8. The lowest BCUT2D eigenvalue weighted by Crippen LogP contribution is -2.27. The Hall–Kier alpha value is -3.36. The van der Waals surface area contributed by atoms with Gasteiger partial charge in [0.25, 0.3) is 11.5 Å². The number of benzene rings is 1. The van der Waals surface area contributed by atoms with Gasteiger partial charge in [0.2, 0.25) is 5.95 Å². The zero-order chi connectivity index (χ0) is 18.7. The van der Waals surface area contributed by atoms with Gasteiger partial charge in [-0.05, 0) is 17.7 Å². The quantitative estimate of drug-likeness (QED) is 0.675. The molecule has 0 saturated heterocycles. The van der Waals surface area contributed by atoms with Crippen LogP contribution in [0.15, 0.2) is 35.3 Å². The number of hydrogen-bond donors (Lipinski definition) is 2. The van der Waals surface area contributed by atoms with Crippen LogP contribution in [0.3, 0.4) is 0 Å². The number of likely N-dealkylation sites (N-methyl/N-ethyl adjacent to an activating group) is 1. The normalized spacial score (nSPS) is 10.7. The lowest BCUT2D eigenvalue weighted by molar-refractivity contribution is -0.130. The van der Waals surface area contributed by atoms with E-state index in [0.29, 0.717) is 29.3 Å². The van der Waals surface area contributed by atoms with Gasteiger partial charge in [-0.3, -0.25) is 19.3 Å². The van der Waals surface area contributed by atoms with Crippen molar-refractivity contribution in [2.45, 2.75) is 6.54 Å². The highest BCUT2D eigenvalue weighted by molar-refractivity contribution is 5.77. The van der Waals surface area contributed by atoms with Crippen molar-refractivity contribution < 1.29 is 9.53 Å². The van der Waals surface area contributed by atoms with E-state index in [1.54, 1.807) is 31.9 Å². The second-order valence-electron chi connectivity index (χ2n) is 6.00. The van der Waals surface area contributed by atoms with Gasteiger partial charge >= 0.3 is 0 Å². The van der Waals surface area contributed by atoms with Crippen molar-refractivity contribution >= 4 is 22.9 Å². The molecule has 0 bridgehead atoms. The van der Waals surface area contributed by atoms with Gasteiger partial charge in [-0.1, -0.05) is 12.1 Å². The molecule has 0 unspecified atom stereocenters. The van der Waals surface area contributed by atoms with E-state index in [1.807, 2.05) is 18.2 Å². The Labute approximate surface area is 149 Å². The third kappa shape index (κ3) is 3.82. The summed E-state index contributed by atoms with van der Waals surface area (Å²) in [6.07, 6.45) is 1.49. The molecule has 0 aliphatic carbocycles. The average Bonchev–Trinajstić information content (AvgIpc) is 3.00. The van der Waals surface area contributed by atoms with Crippen molar-refractivity contribution in [3.8, 4) is 5.75 Å². The molecule has 0 fully saturated rings. The van der Waals surface area contributed by atoms with E-state index in [1.165, 1.54) is 11.1 Å². The van der Waals surface area contributed by atoms with E-state index >= 15 is 0 Å². The maximum atomic E-state index is 12.0. The molecule has 136 valence electrons. The first-order valence-corrected chi connectivity index (χ1v) is 8.02. The van der Waals surface area contributed by atoms with Crippen molar-refractivity contribution in [2.24, 2.45) is 7.05 Å². The zero-order valence-corrected chi connectivity index (χ0v) is 14.8. The third-order valence-corrected chi connectivity index (χ3v) is 3.82. The molecule has 2 aromatic heterocycles. The predicted octanol–water partition coefficient (Wildman–Crippen LogP) is 0.736. The maximum Gasteiger partial charge on any atom is 0.263 e. The molecule has 9 nitrogen and oxygen atoms in total. The molecule has 0 aliphatic rings. The monoisotopic (exact) mass is 356 g/mol. The summed E-state index contributed by atoms with van der Waals surface area (Å²) in [5, 5.41) is 7.56. The van der Waals surface area contributed by atoms with Gasteiger partial charge in [-0.25, -0.2) is 0 Å². The number of carbonyl (C=O) groups excluding carboxylic acids is 1. The van der Waals surface area contributed by atoms with Crippen LogP contribution in [0, 0.1) is 0 Å². The summed E-state index contributed by atoms with van der Waals surface area (Å²) in [5.41, 5.74) is 1.19. The van der Waals surface area contributed by atoms with Crippen LogP contribution in [0.1, 0.15) is 5.56 Å². The number of aromatic amines is 1. The Morgan fingerprint density at radius 2 is 2.19 bits per heavy atom. The Balaban J connectivity index is 1.68. The van der Waals surface area contributed by atoms with Crippen LogP contribution in [0.4, 0.5) is 5.95 Å². The average molecular weight is 356 g/mol. The van der Waals surface area contributed by atoms with E-state index in [0.717, 1.165) is 5.56 Å². The highest BCUT2D eigenvalue weighted by Gasteiger charge is 2.08. The second kappa shape index (κ2) is 7.26. The molecular weight excluding hydrogens is 336 g/mol. The summed E-state index contributed by atoms with van der Waals surface area (Å²) >= 11 is 0. The van der Waals surface area contributed by atoms with E-state index in [2.05, 4.69) is 20.4 Å². The fourth-order valence-electron chi connectivity index (χ4n) is 2.32. The first-order valence-electron chi connectivity index (χ1n) is 8.02. The lowest BCUT2D eigenvalue weighted by atomic mass is 10.2. The van der Waals surface area contributed by atoms with Crippen molar-refractivity contribution in [1.29, 1.82) is 0 Å². The number of H-pyrrole nitrogens is 1. The van der Waals surface area contributed by atoms with Crippen molar-refractivity contribution in [3.05, 3.63) is 46.4 Å². The smallest absolute Gasteiger partial charge is 0.263 e. The molecule has 0 aliphatic heterocycles. The molecule has 26 heavy (non-hydrogen) atoms. The Kier molecular flexibility index (Phi) is 4.87. The molecule has 3 rings (SSSR count). The number of amides is 1. The standard InChI is InChI=1S/C17H20N6O3/c1-22(2)14(24)10-26-12-6-4-5-11(7-12)8-18-17-20-15-13(16(25)21-17)9-19-23(15)3/h4-7,9H,8,10H2,1-3H3,(H2,18,20,21,25). The molecule has 0 spiro atoms. The first kappa shape index (κ1) is 17.5. The molecule has 0 radical (unpaired) electrons. The minimum atomic E-state index is -0.245. The number of nitrogens with zero attached hydrogens (tertiary/aromatic N) is 4. The fraction of sp³-hybridized carbons (Fsp3) is 0.294. The molecule has 1 aromatic carbocycles. The van der Waals surface area contributed by atoms with Crippen LogP contribution in [-0.4, -0.2) is 51.3 Å². The van der Waals surface area contributed by atoms with E-state index in [9.17, 15) is 9.59 Å². The molecule has 1 amide bonds. The number of aromatic nitrogens is 4. The number of carbonyl (C=O) groups is 1. The van der Waals surface area contributed by atoms with Gasteiger partial charge in [0.15, 0.2) is 12.3 Å². The number of nitrogens with one attached hydrogen (secondary N) is 2. The topological polar surface area (TPSA) is 105 Å². The number of hydrogen-bond acceptors (Lipinski definition) is 6. The number of fused-ring (bicyclic) bond motifs is 1. The van der Waals surface area contributed by atoms with E-state index in [4.69, 9.17) is 4.74 Å². The summed E-state index contributed by atoms with van der Waals surface area (Å²) in [6.45, 7) is 0.418. The fourth-order valence-corrected chi connectivity index (χ4v) is 2.32. The van der Waals surface area contributed by atoms with Crippen molar-refractivity contribution in [1.82, 2.24) is 24.6 Å². The van der Waals surface area contributed by atoms with E-state index < -0.39 is 0 Å². The highest BCUT2D eigenvalue weighted by atomic mass is 16.5. The SMILES string of the molecule is CN(C)C(=O)COc1cccc(CNc2nc3c(cnn3C)c(=O)[nH]2)c1. The molecule has 0 saturated carbocycles. The molecule has 2 N–H and O–H groups in total. The largest absolute Gasteiger partial charge is 0.484 e. The van der Waals surface area contributed by atoms with Crippen LogP contribution >= 0.6 is 0 Å². The molecular formula is C17H20N6O3. The van der Waals surface area contributed by atoms with Crippen molar-refractivity contribution in [2.75, 3.05) is 26.0 Å². The van der Waals surface area contributed by atoms with Crippen LogP contribution in [-0.2, 0) is 18.4 Å². The van der Waals surface area contributed by atoms with Gasteiger partial charge < -0.3 is 15.0 Å². The van der Waals surface area contributed by atoms with Gasteiger partial charge in [0.05, 0.1) is 6.20 Å². The van der Waals surface area contributed by atoms with Gasteiger partial charge in [-0.15, -0.1) is 0 Å². The molecule has 9 heteroatoms. The van der Waals surface area contributed by atoms with Crippen molar-refractivity contribution in [3.63, 3.8) is 0 Å². The predicted molar refractivity (Wildman–Crippen MR) is 97.1 cm³/mol. The van der Waals surface area contributed by atoms with Crippen LogP contribution in [0.5, 0.6) is 5.75 Å². The Morgan fingerprint density at radius 3 is 2.96 bits per heavy atom. The summed E-state index contributed by atoms with van der Waals surface area (Å²) < 4.78 is 7.05. The van der Waals surface area contributed by atoms with Gasteiger partial charge in [-0.2, -0.15) is 10.1 Å². The highest BCUT2D eigenvalue weighted by Crippen LogP contribution is 2.15. The first-order chi connectivity index (χ1) is 12.4. The number of ether oxygens (including phenoxy) is 1. The summed E-state index contributed by atoms with van der Waals surface area (Å²) in [7, 11) is 5.09. The lowest BCUT2D eigenvalue weighted by Gasteiger charge is -2.12. The summed E-state index contributed by atoms with van der Waals surface area (Å²) in [4.78, 5) is 32.2.